The number of halogens is 1. The minimum Gasteiger partial charge on any atom is -0.295 e. The van der Waals surface area contributed by atoms with E-state index in [9.17, 15) is 9.00 Å². The molecular formula is C17H15ClN2O2S. The van der Waals surface area contributed by atoms with E-state index in [0.29, 0.717) is 27.5 Å². The molecule has 0 aliphatic rings. The van der Waals surface area contributed by atoms with E-state index in [4.69, 9.17) is 11.6 Å². The Balaban J connectivity index is 2.18. The molecule has 0 N–H and O–H groups in total. The van der Waals surface area contributed by atoms with Gasteiger partial charge < -0.3 is 0 Å². The van der Waals surface area contributed by atoms with Crippen LogP contribution in [0.1, 0.15) is 6.92 Å². The molecule has 0 fully saturated rings. The van der Waals surface area contributed by atoms with Gasteiger partial charge in [-0.25, -0.2) is 4.98 Å². The highest BCUT2D eigenvalue weighted by molar-refractivity contribution is 7.85. The molecule has 1 atom stereocenters. The molecule has 1 aromatic heterocycles. The van der Waals surface area contributed by atoms with Crippen molar-refractivity contribution in [2.75, 3.05) is 5.75 Å². The lowest BCUT2D eigenvalue weighted by Crippen LogP contribution is -2.20. The lowest BCUT2D eigenvalue weighted by Gasteiger charge is -2.10. The van der Waals surface area contributed by atoms with Crippen LogP contribution in [-0.4, -0.2) is 19.5 Å². The maximum atomic E-state index is 12.5. The van der Waals surface area contributed by atoms with Crippen LogP contribution < -0.4 is 5.56 Å². The summed E-state index contributed by atoms with van der Waals surface area (Å²) in [4.78, 5) is 17.8. The van der Waals surface area contributed by atoms with Gasteiger partial charge in [-0.3, -0.25) is 13.6 Å². The molecule has 6 heteroatoms. The average Bonchev–Trinajstić information content (AvgIpc) is 2.57. The Kier molecular flexibility index (Phi) is 4.33. The lowest BCUT2D eigenvalue weighted by atomic mass is 10.2. The molecule has 4 nitrogen and oxygen atoms in total. The minimum atomic E-state index is -0.997. The minimum absolute atomic E-state index is 0.122. The molecule has 1 unspecified atom stereocenters. The van der Waals surface area contributed by atoms with Gasteiger partial charge in [0.1, 0.15) is 5.82 Å². The first-order chi connectivity index (χ1) is 11.0. The number of aromatic nitrogens is 2. The summed E-state index contributed by atoms with van der Waals surface area (Å²) >= 11 is 6.00. The topological polar surface area (TPSA) is 52.0 Å². The molecule has 0 bridgehead atoms. The highest BCUT2D eigenvalue weighted by atomic mass is 35.5. The number of fused-ring (bicyclic) bond motifs is 1. The van der Waals surface area contributed by atoms with Gasteiger partial charge in [0.15, 0.2) is 0 Å². The maximum Gasteiger partial charge on any atom is 0.261 e. The number of benzene rings is 2. The summed E-state index contributed by atoms with van der Waals surface area (Å²) in [6.45, 7) is 1.88. The van der Waals surface area contributed by atoms with Crippen molar-refractivity contribution >= 4 is 33.3 Å². The molecule has 1 heterocycles. The molecule has 2 aromatic carbocycles. The Hall–Kier alpha value is -1.98. The molecule has 0 spiro atoms. The molecule has 3 aromatic rings. The van der Waals surface area contributed by atoms with Gasteiger partial charge in [0.05, 0.1) is 21.7 Å². The molecular weight excluding hydrogens is 332 g/mol. The highest BCUT2D eigenvalue weighted by Gasteiger charge is 2.11. The van der Waals surface area contributed by atoms with Crippen molar-refractivity contribution in [3.8, 4) is 11.4 Å². The van der Waals surface area contributed by atoms with Crippen molar-refractivity contribution in [1.82, 2.24) is 9.55 Å². The van der Waals surface area contributed by atoms with Gasteiger partial charge in [0, 0.05) is 28.3 Å². The Morgan fingerprint density at radius 3 is 2.52 bits per heavy atom. The van der Waals surface area contributed by atoms with Crippen LogP contribution in [0.4, 0.5) is 0 Å². The molecule has 0 aliphatic heterocycles. The van der Waals surface area contributed by atoms with Crippen LogP contribution in [0.2, 0.25) is 5.02 Å². The standard InChI is InChI=1S/C17H15ClN2O2S/c1-3-23(22)13-7-4-11(5-8-13)16-19-15-10-12(18)6-9-14(15)17(21)20(16)2/h4-10H,3H2,1-2H3. The Bertz CT molecular complexity index is 965. The third-order valence-corrected chi connectivity index (χ3v) is 5.23. The third kappa shape index (κ3) is 2.94. The van der Waals surface area contributed by atoms with Crippen molar-refractivity contribution in [3.63, 3.8) is 0 Å². The van der Waals surface area contributed by atoms with Crippen molar-refractivity contribution in [3.05, 3.63) is 57.8 Å². The molecule has 0 aliphatic carbocycles. The van der Waals surface area contributed by atoms with Gasteiger partial charge in [-0.1, -0.05) is 30.7 Å². The fraction of sp³-hybridized carbons (Fsp3) is 0.176. The van der Waals surface area contributed by atoms with Crippen molar-refractivity contribution < 1.29 is 4.21 Å². The molecule has 0 radical (unpaired) electrons. The van der Waals surface area contributed by atoms with Crippen LogP contribution in [0.3, 0.4) is 0 Å². The van der Waals surface area contributed by atoms with E-state index >= 15 is 0 Å². The molecule has 118 valence electrons. The van der Waals surface area contributed by atoms with E-state index < -0.39 is 10.8 Å². The largest absolute Gasteiger partial charge is 0.295 e. The van der Waals surface area contributed by atoms with Crippen LogP contribution in [-0.2, 0) is 17.8 Å². The van der Waals surface area contributed by atoms with Crippen LogP contribution in [0.15, 0.2) is 52.2 Å². The van der Waals surface area contributed by atoms with Crippen LogP contribution in [0, 0.1) is 0 Å². The summed E-state index contributed by atoms with van der Waals surface area (Å²) in [5, 5.41) is 1.07. The normalized spacial score (nSPS) is 12.5. The Morgan fingerprint density at radius 1 is 1.17 bits per heavy atom. The summed E-state index contributed by atoms with van der Waals surface area (Å²) < 4.78 is 13.3. The lowest BCUT2D eigenvalue weighted by molar-refractivity contribution is 0.684. The Morgan fingerprint density at radius 2 is 1.87 bits per heavy atom. The van der Waals surface area contributed by atoms with Gasteiger partial charge in [-0.15, -0.1) is 0 Å². The van der Waals surface area contributed by atoms with Crippen molar-refractivity contribution in [1.29, 1.82) is 0 Å². The van der Waals surface area contributed by atoms with Crippen LogP contribution in [0.25, 0.3) is 22.3 Å². The number of nitrogens with zero attached hydrogens (tertiary/aromatic N) is 2. The molecule has 0 amide bonds. The van der Waals surface area contributed by atoms with E-state index in [1.54, 1.807) is 25.2 Å². The van der Waals surface area contributed by atoms with Crippen molar-refractivity contribution in [2.24, 2.45) is 7.05 Å². The SMILES string of the molecule is CCS(=O)c1ccc(-c2nc3cc(Cl)ccc3c(=O)n2C)cc1. The average molecular weight is 347 g/mol. The summed E-state index contributed by atoms with van der Waals surface area (Å²) in [7, 11) is 0.695. The van der Waals surface area contributed by atoms with E-state index in [2.05, 4.69) is 4.98 Å². The van der Waals surface area contributed by atoms with Crippen molar-refractivity contribution in [2.45, 2.75) is 11.8 Å². The van der Waals surface area contributed by atoms with Crippen LogP contribution >= 0.6 is 11.6 Å². The van der Waals surface area contributed by atoms with E-state index in [-0.39, 0.29) is 5.56 Å². The molecule has 3 rings (SSSR count). The molecule has 0 saturated carbocycles. The second-order valence-corrected chi connectivity index (χ2v) is 7.30. The van der Waals surface area contributed by atoms with E-state index in [1.807, 2.05) is 31.2 Å². The van der Waals surface area contributed by atoms with Gasteiger partial charge in [-0.2, -0.15) is 0 Å². The molecule has 0 saturated heterocycles. The highest BCUT2D eigenvalue weighted by Crippen LogP contribution is 2.21. The maximum absolute atomic E-state index is 12.5. The zero-order valence-corrected chi connectivity index (χ0v) is 14.3. The summed E-state index contributed by atoms with van der Waals surface area (Å²) in [5.74, 6) is 1.13. The first-order valence-corrected chi connectivity index (χ1v) is 8.86. The number of hydrogen-bond acceptors (Lipinski definition) is 3. The molecule has 23 heavy (non-hydrogen) atoms. The van der Waals surface area contributed by atoms with Gasteiger partial charge >= 0.3 is 0 Å². The number of hydrogen-bond donors (Lipinski definition) is 0. The zero-order valence-electron chi connectivity index (χ0n) is 12.7. The van der Waals surface area contributed by atoms with Gasteiger partial charge in [-0.05, 0) is 30.3 Å². The summed E-state index contributed by atoms with van der Waals surface area (Å²) in [6.07, 6.45) is 0. The fourth-order valence-corrected chi connectivity index (χ4v) is 3.36. The first kappa shape index (κ1) is 15.9. The van der Waals surface area contributed by atoms with E-state index in [1.165, 1.54) is 4.57 Å². The first-order valence-electron chi connectivity index (χ1n) is 7.16. The van der Waals surface area contributed by atoms with Crippen LogP contribution in [0.5, 0.6) is 0 Å². The summed E-state index contributed by atoms with van der Waals surface area (Å²) in [5.41, 5.74) is 1.24. The quantitative estimate of drug-likeness (QED) is 0.730. The predicted octanol–water partition coefficient (Wildman–Crippen LogP) is 3.38. The number of rotatable bonds is 3. The monoisotopic (exact) mass is 346 g/mol. The zero-order chi connectivity index (χ0) is 16.6. The second-order valence-electron chi connectivity index (χ2n) is 5.12. The van der Waals surface area contributed by atoms with Gasteiger partial charge in [0.25, 0.3) is 5.56 Å². The summed E-state index contributed by atoms with van der Waals surface area (Å²) in [6, 6.07) is 12.3. The fourth-order valence-electron chi connectivity index (χ4n) is 2.42. The predicted molar refractivity (Wildman–Crippen MR) is 94.4 cm³/mol. The smallest absolute Gasteiger partial charge is 0.261 e. The second kappa shape index (κ2) is 6.26. The third-order valence-electron chi connectivity index (χ3n) is 3.68. The van der Waals surface area contributed by atoms with E-state index in [0.717, 1.165) is 10.5 Å². The van der Waals surface area contributed by atoms with Gasteiger partial charge in [0.2, 0.25) is 0 Å². The Labute approximate surface area is 141 Å².